The molecule has 1 aliphatic heterocycles. The topological polar surface area (TPSA) is 84.8 Å². The van der Waals surface area contributed by atoms with Crippen LogP contribution in [0, 0.1) is 18.3 Å². The van der Waals surface area contributed by atoms with Crippen molar-refractivity contribution in [1.82, 2.24) is 9.97 Å². The lowest BCUT2D eigenvalue weighted by Gasteiger charge is -2.21. The van der Waals surface area contributed by atoms with Crippen LogP contribution in [0.4, 0.5) is 5.82 Å². The monoisotopic (exact) mass is 218 g/mol. The Morgan fingerprint density at radius 2 is 2.06 bits per heavy atom. The van der Waals surface area contributed by atoms with Gasteiger partial charge >= 0.3 is 0 Å². The molecular weight excluding hydrogens is 204 g/mol. The van der Waals surface area contributed by atoms with Crippen LogP contribution in [0.5, 0.6) is 0 Å². The van der Waals surface area contributed by atoms with Gasteiger partial charge in [0.2, 0.25) is 0 Å². The molecule has 5 nitrogen and oxygen atoms in total. The number of nitrogens with zero attached hydrogens (tertiary/aromatic N) is 3. The van der Waals surface area contributed by atoms with Crippen molar-refractivity contribution < 1.29 is 4.74 Å². The summed E-state index contributed by atoms with van der Waals surface area (Å²) >= 11 is 0. The van der Waals surface area contributed by atoms with Gasteiger partial charge in [-0.05, 0) is 19.8 Å². The standard InChI is InChI=1S/C11H14N4O/c1-7-9(6-12)10(13)15-11(14-7)8-2-4-16-5-3-8/h8H,2-5H2,1H3,(H2,13,14,15). The molecule has 1 aromatic rings. The summed E-state index contributed by atoms with van der Waals surface area (Å²) in [5, 5.41) is 8.87. The van der Waals surface area contributed by atoms with Crippen LogP contribution in [0.15, 0.2) is 0 Å². The summed E-state index contributed by atoms with van der Waals surface area (Å²) in [6.45, 7) is 3.28. The van der Waals surface area contributed by atoms with E-state index in [1.54, 1.807) is 6.92 Å². The van der Waals surface area contributed by atoms with Crippen molar-refractivity contribution in [1.29, 1.82) is 5.26 Å². The van der Waals surface area contributed by atoms with E-state index in [1.807, 2.05) is 6.07 Å². The largest absolute Gasteiger partial charge is 0.382 e. The second-order valence-electron chi connectivity index (χ2n) is 3.93. The molecule has 0 atom stereocenters. The molecule has 5 heteroatoms. The van der Waals surface area contributed by atoms with E-state index in [0.717, 1.165) is 31.9 Å². The van der Waals surface area contributed by atoms with Crippen LogP contribution in [0.25, 0.3) is 0 Å². The summed E-state index contributed by atoms with van der Waals surface area (Å²) in [5.41, 5.74) is 6.78. The first kappa shape index (κ1) is 10.8. The Hall–Kier alpha value is -1.67. The van der Waals surface area contributed by atoms with Gasteiger partial charge in [0, 0.05) is 19.1 Å². The highest BCUT2D eigenvalue weighted by molar-refractivity contribution is 5.50. The van der Waals surface area contributed by atoms with Crippen LogP contribution in [0.2, 0.25) is 0 Å². The first-order valence-electron chi connectivity index (χ1n) is 5.34. The fourth-order valence-corrected chi connectivity index (χ4v) is 1.89. The third-order valence-corrected chi connectivity index (χ3v) is 2.83. The number of hydrogen-bond acceptors (Lipinski definition) is 5. The maximum absolute atomic E-state index is 8.87. The number of aromatic nitrogens is 2. The molecule has 0 saturated carbocycles. The van der Waals surface area contributed by atoms with E-state index < -0.39 is 0 Å². The van der Waals surface area contributed by atoms with Crippen molar-refractivity contribution in [2.24, 2.45) is 0 Å². The van der Waals surface area contributed by atoms with Crippen molar-refractivity contribution in [3.05, 3.63) is 17.1 Å². The molecule has 0 aromatic carbocycles. The van der Waals surface area contributed by atoms with E-state index in [0.29, 0.717) is 17.2 Å². The highest BCUT2D eigenvalue weighted by Crippen LogP contribution is 2.25. The normalized spacial score (nSPS) is 17.0. The number of hydrogen-bond donors (Lipinski definition) is 1. The molecule has 1 fully saturated rings. The molecule has 2 heterocycles. The predicted molar refractivity (Wildman–Crippen MR) is 58.7 cm³/mol. The maximum Gasteiger partial charge on any atom is 0.145 e. The maximum atomic E-state index is 8.87. The predicted octanol–water partition coefficient (Wildman–Crippen LogP) is 1.13. The Kier molecular flexibility index (Phi) is 3.02. The number of ether oxygens (including phenoxy) is 1. The lowest BCUT2D eigenvalue weighted by Crippen LogP contribution is -2.18. The minimum absolute atomic E-state index is 0.288. The van der Waals surface area contributed by atoms with Gasteiger partial charge in [0.25, 0.3) is 0 Å². The van der Waals surface area contributed by atoms with Gasteiger partial charge in [0.15, 0.2) is 0 Å². The summed E-state index contributed by atoms with van der Waals surface area (Å²) in [6, 6.07) is 2.02. The zero-order chi connectivity index (χ0) is 11.5. The van der Waals surface area contributed by atoms with Gasteiger partial charge in [-0.2, -0.15) is 5.26 Å². The van der Waals surface area contributed by atoms with Crippen LogP contribution in [-0.4, -0.2) is 23.2 Å². The van der Waals surface area contributed by atoms with Crippen molar-refractivity contribution in [3.63, 3.8) is 0 Å². The molecule has 0 aliphatic carbocycles. The molecular formula is C11H14N4O. The Bertz CT molecular complexity index is 409. The Labute approximate surface area is 94.3 Å². The Balaban J connectivity index is 2.32. The zero-order valence-corrected chi connectivity index (χ0v) is 9.23. The Morgan fingerprint density at radius 3 is 2.62 bits per heavy atom. The minimum Gasteiger partial charge on any atom is -0.382 e. The molecule has 2 rings (SSSR count). The van der Waals surface area contributed by atoms with Crippen LogP contribution in [0.3, 0.4) is 0 Å². The molecule has 84 valence electrons. The Morgan fingerprint density at radius 1 is 1.38 bits per heavy atom. The summed E-state index contributed by atoms with van der Waals surface area (Å²) in [5.74, 6) is 1.34. The number of nitriles is 1. The minimum atomic E-state index is 0.288. The van der Waals surface area contributed by atoms with Gasteiger partial charge in [-0.1, -0.05) is 0 Å². The van der Waals surface area contributed by atoms with Crippen LogP contribution in [-0.2, 0) is 4.74 Å². The third-order valence-electron chi connectivity index (χ3n) is 2.83. The number of nitrogen functional groups attached to an aromatic ring is 1. The molecule has 0 bridgehead atoms. The summed E-state index contributed by atoms with van der Waals surface area (Å²) in [4.78, 5) is 8.58. The van der Waals surface area contributed by atoms with E-state index in [4.69, 9.17) is 15.7 Å². The molecule has 0 radical (unpaired) electrons. The van der Waals surface area contributed by atoms with Gasteiger partial charge in [0.05, 0.1) is 5.69 Å². The van der Waals surface area contributed by atoms with Crippen molar-refractivity contribution in [3.8, 4) is 6.07 Å². The first-order valence-corrected chi connectivity index (χ1v) is 5.34. The second-order valence-corrected chi connectivity index (χ2v) is 3.93. The quantitative estimate of drug-likeness (QED) is 0.763. The smallest absolute Gasteiger partial charge is 0.145 e. The molecule has 1 aromatic heterocycles. The first-order chi connectivity index (χ1) is 7.72. The average molecular weight is 218 g/mol. The summed E-state index contributed by atoms with van der Waals surface area (Å²) in [6.07, 6.45) is 1.84. The number of rotatable bonds is 1. The molecule has 0 spiro atoms. The molecule has 1 aliphatic rings. The number of aryl methyl sites for hydroxylation is 1. The third kappa shape index (κ3) is 1.97. The van der Waals surface area contributed by atoms with E-state index in [1.165, 1.54) is 0 Å². The van der Waals surface area contributed by atoms with Gasteiger partial charge in [-0.15, -0.1) is 0 Å². The van der Waals surface area contributed by atoms with Crippen molar-refractivity contribution in [2.75, 3.05) is 18.9 Å². The number of anilines is 1. The number of nitrogens with two attached hydrogens (primary N) is 1. The zero-order valence-electron chi connectivity index (χ0n) is 9.23. The summed E-state index contributed by atoms with van der Waals surface area (Å²) < 4.78 is 5.29. The van der Waals surface area contributed by atoms with Gasteiger partial charge in [-0.3, -0.25) is 0 Å². The van der Waals surface area contributed by atoms with E-state index >= 15 is 0 Å². The lowest BCUT2D eigenvalue weighted by atomic mass is 9.99. The average Bonchev–Trinajstić information content (AvgIpc) is 2.30. The highest BCUT2D eigenvalue weighted by atomic mass is 16.5. The molecule has 16 heavy (non-hydrogen) atoms. The van der Waals surface area contributed by atoms with Gasteiger partial charge in [-0.25, -0.2) is 9.97 Å². The van der Waals surface area contributed by atoms with Crippen molar-refractivity contribution in [2.45, 2.75) is 25.7 Å². The van der Waals surface area contributed by atoms with Crippen LogP contribution >= 0.6 is 0 Å². The molecule has 2 N–H and O–H groups in total. The fourth-order valence-electron chi connectivity index (χ4n) is 1.89. The van der Waals surface area contributed by atoms with Crippen molar-refractivity contribution >= 4 is 5.82 Å². The van der Waals surface area contributed by atoms with E-state index in [-0.39, 0.29) is 5.82 Å². The van der Waals surface area contributed by atoms with E-state index in [9.17, 15) is 0 Å². The van der Waals surface area contributed by atoms with Gasteiger partial charge in [0.1, 0.15) is 23.3 Å². The second kappa shape index (κ2) is 4.45. The SMILES string of the molecule is Cc1nc(C2CCOCC2)nc(N)c1C#N. The lowest BCUT2D eigenvalue weighted by molar-refractivity contribution is 0.0836. The van der Waals surface area contributed by atoms with E-state index in [2.05, 4.69) is 9.97 Å². The molecule has 1 saturated heterocycles. The van der Waals surface area contributed by atoms with Crippen LogP contribution in [0.1, 0.15) is 35.8 Å². The fraction of sp³-hybridized carbons (Fsp3) is 0.545. The molecule has 0 unspecified atom stereocenters. The molecule has 0 amide bonds. The van der Waals surface area contributed by atoms with Crippen LogP contribution < -0.4 is 5.73 Å². The van der Waals surface area contributed by atoms with Gasteiger partial charge < -0.3 is 10.5 Å². The highest BCUT2D eigenvalue weighted by Gasteiger charge is 2.20. The summed E-state index contributed by atoms with van der Waals surface area (Å²) in [7, 11) is 0.